The largest absolute Gasteiger partial charge is 0.478 e. The maximum absolute atomic E-state index is 11.0. The molecule has 100 valence electrons. The molecule has 1 aliphatic rings. The van der Waals surface area contributed by atoms with Crippen molar-refractivity contribution >= 4 is 5.97 Å². The molecule has 4 heteroatoms. The SMILES string of the molecule is CC1(C)CCCCC1NCc1[nH]ccc1C(=O)O. The molecule has 1 fully saturated rings. The Hall–Kier alpha value is -1.29. The van der Waals surface area contributed by atoms with Crippen molar-refractivity contribution < 1.29 is 9.90 Å². The molecule has 3 N–H and O–H groups in total. The van der Waals surface area contributed by atoms with Crippen LogP contribution in [0.25, 0.3) is 0 Å². The summed E-state index contributed by atoms with van der Waals surface area (Å²) in [6, 6.07) is 2.09. The predicted octanol–water partition coefficient (Wildman–Crippen LogP) is 2.77. The fourth-order valence-corrected chi connectivity index (χ4v) is 2.85. The minimum absolute atomic E-state index is 0.300. The molecule has 1 heterocycles. The van der Waals surface area contributed by atoms with Crippen molar-refractivity contribution in [2.75, 3.05) is 0 Å². The lowest BCUT2D eigenvalue weighted by Crippen LogP contribution is -2.43. The molecule has 0 aromatic carbocycles. The highest BCUT2D eigenvalue weighted by molar-refractivity contribution is 5.88. The van der Waals surface area contributed by atoms with Crippen molar-refractivity contribution in [2.24, 2.45) is 5.41 Å². The lowest BCUT2D eigenvalue weighted by Gasteiger charge is -2.39. The molecule has 1 aromatic heterocycles. The van der Waals surface area contributed by atoms with Crippen molar-refractivity contribution in [3.63, 3.8) is 0 Å². The molecular formula is C14H22N2O2. The molecule has 0 saturated heterocycles. The van der Waals surface area contributed by atoms with Gasteiger partial charge in [0.1, 0.15) is 0 Å². The first kappa shape index (κ1) is 13.1. The monoisotopic (exact) mass is 250 g/mol. The maximum atomic E-state index is 11.0. The second-order valence-corrected chi connectivity index (χ2v) is 5.84. The molecule has 1 aliphatic carbocycles. The number of carbonyl (C=O) groups is 1. The number of hydrogen-bond donors (Lipinski definition) is 3. The van der Waals surface area contributed by atoms with Gasteiger partial charge in [0.15, 0.2) is 0 Å². The number of aromatic nitrogens is 1. The van der Waals surface area contributed by atoms with Gasteiger partial charge >= 0.3 is 5.97 Å². The standard InChI is InChI=1S/C14H22N2O2/c1-14(2)7-4-3-5-12(14)16-9-11-10(13(17)18)6-8-15-11/h6,8,12,15-16H,3-5,7,9H2,1-2H3,(H,17,18). The van der Waals surface area contributed by atoms with E-state index in [1.54, 1.807) is 12.3 Å². The summed E-state index contributed by atoms with van der Waals surface area (Å²) in [5, 5.41) is 12.6. The van der Waals surface area contributed by atoms with Crippen molar-refractivity contribution in [1.29, 1.82) is 0 Å². The highest BCUT2D eigenvalue weighted by atomic mass is 16.4. The van der Waals surface area contributed by atoms with Gasteiger partial charge in [-0.25, -0.2) is 4.79 Å². The summed E-state index contributed by atoms with van der Waals surface area (Å²) < 4.78 is 0. The summed E-state index contributed by atoms with van der Waals surface area (Å²) in [5.41, 5.74) is 1.44. The van der Waals surface area contributed by atoms with Crippen molar-refractivity contribution in [1.82, 2.24) is 10.3 Å². The number of nitrogens with one attached hydrogen (secondary N) is 2. The Morgan fingerprint density at radius 3 is 3.00 bits per heavy atom. The first-order chi connectivity index (χ1) is 8.50. The van der Waals surface area contributed by atoms with E-state index in [1.807, 2.05) is 0 Å². The summed E-state index contributed by atoms with van der Waals surface area (Å²) in [6.07, 6.45) is 6.66. The van der Waals surface area contributed by atoms with Crippen LogP contribution in [-0.2, 0) is 6.54 Å². The summed E-state index contributed by atoms with van der Waals surface area (Å²) >= 11 is 0. The predicted molar refractivity (Wildman–Crippen MR) is 70.6 cm³/mol. The molecule has 1 unspecified atom stereocenters. The fourth-order valence-electron chi connectivity index (χ4n) is 2.85. The molecule has 0 aliphatic heterocycles. The maximum Gasteiger partial charge on any atom is 0.337 e. The quantitative estimate of drug-likeness (QED) is 0.770. The fraction of sp³-hybridized carbons (Fsp3) is 0.643. The van der Waals surface area contributed by atoms with E-state index in [0.29, 0.717) is 23.6 Å². The Morgan fingerprint density at radius 1 is 1.56 bits per heavy atom. The molecule has 1 atom stereocenters. The second kappa shape index (κ2) is 5.14. The molecule has 0 radical (unpaired) electrons. The highest BCUT2D eigenvalue weighted by Crippen LogP contribution is 2.35. The zero-order valence-corrected chi connectivity index (χ0v) is 11.1. The molecule has 0 amide bonds. The van der Waals surface area contributed by atoms with Crippen LogP contribution in [0.5, 0.6) is 0 Å². The van der Waals surface area contributed by atoms with Gasteiger partial charge in [0.05, 0.1) is 5.56 Å². The molecule has 4 nitrogen and oxygen atoms in total. The van der Waals surface area contributed by atoms with E-state index in [9.17, 15) is 4.79 Å². The topological polar surface area (TPSA) is 65.1 Å². The molecule has 18 heavy (non-hydrogen) atoms. The summed E-state index contributed by atoms with van der Waals surface area (Å²) in [5.74, 6) is -0.865. The highest BCUT2D eigenvalue weighted by Gasteiger charge is 2.31. The van der Waals surface area contributed by atoms with Crippen LogP contribution in [0.2, 0.25) is 0 Å². The van der Waals surface area contributed by atoms with Crippen LogP contribution in [0, 0.1) is 5.41 Å². The van der Waals surface area contributed by atoms with Crippen LogP contribution < -0.4 is 5.32 Å². The van der Waals surface area contributed by atoms with Crippen LogP contribution in [0.3, 0.4) is 0 Å². The number of hydrogen-bond acceptors (Lipinski definition) is 2. The van der Waals surface area contributed by atoms with Gasteiger partial charge in [-0.2, -0.15) is 0 Å². The summed E-state index contributed by atoms with van der Waals surface area (Å²) in [4.78, 5) is 14.0. The number of aromatic carboxylic acids is 1. The average molecular weight is 250 g/mol. The van der Waals surface area contributed by atoms with Crippen molar-refractivity contribution in [2.45, 2.75) is 52.1 Å². The van der Waals surface area contributed by atoms with Gasteiger partial charge in [-0.3, -0.25) is 0 Å². The Balaban J connectivity index is 1.98. The average Bonchev–Trinajstić information content (AvgIpc) is 2.75. The van der Waals surface area contributed by atoms with Crippen LogP contribution in [0.15, 0.2) is 12.3 Å². The molecule has 0 bridgehead atoms. The summed E-state index contributed by atoms with van der Waals surface area (Å²) in [6.45, 7) is 5.18. The first-order valence-corrected chi connectivity index (χ1v) is 6.63. The van der Waals surface area contributed by atoms with E-state index < -0.39 is 5.97 Å². The van der Waals surface area contributed by atoms with E-state index in [0.717, 1.165) is 5.69 Å². The van der Waals surface area contributed by atoms with Gasteiger partial charge in [-0.05, 0) is 24.3 Å². The van der Waals surface area contributed by atoms with Gasteiger partial charge in [0, 0.05) is 24.5 Å². The van der Waals surface area contributed by atoms with Crippen molar-refractivity contribution in [3.05, 3.63) is 23.5 Å². The van der Waals surface area contributed by atoms with Gasteiger partial charge in [-0.15, -0.1) is 0 Å². The van der Waals surface area contributed by atoms with Gasteiger partial charge in [-0.1, -0.05) is 26.7 Å². The number of rotatable bonds is 4. The minimum Gasteiger partial charge on any atom is -0.478 e. The Morgan fingerprint density at radius 2 is 2.33 bits per heavy atom. The number of aromatic amines is 1. The third-order valence-corrected chi connectivity index (χ3v) is 4.10. The van der Waals surface area contributed by atoms with Gasteiger partial charge < -0.3 is 15.4 Å². The normalized spacial score (nSPS) is 22.9. The van der Waals surface area contributed by atoms with E-state index in [-0.39, 0.29) is 0 Å². The lowest BCUT2D eigenvalue weighted by molar-refractivity contribution is 0.0695. The zero-order valence-electron chi connectivity index (χ0n) is 11.1. The smallest absolute Gasteiger partial charge is 0.337 e. The van der Waals surface area contributed by atoms with Crippen LogP contribution in [-0.4, -0.2) is 22.1 Å². The molecule has 2 rings (SSSR count). The van der Waals surface area contributed by atoms with E-state index in [4.69, 9.17) is 5.11 Å². The number of carboxylic acid groups (broad SMARTS) is 1. The second-order valence-electron chi connectivity index (χ2n) is 5.84. The molecular weight excluding hydrogens is 228 g/mol. The first-order valence-electron chi connectivity index (χ1n) is 6.63. The van der Waals surface area contributed by atoms with Gasteiger partial charge in [0.2, 0.25) is 0 Å². The molecule has 1 aromatic rings. The van der Waals surface area contributed by atoms with Crippen LogP contribution >= 0.6 is 0 Å². The lowest BCUT2D eigenvalue weighted by atomic mass is 9.73. The number of carboxylic acids is 1. The Labute approximate surface area is 108 Å². The minimum atomic E-state index is -0.865. The number of H-pyrrole nitrogens is 1. The van der Waals surface area contributed by atoms with Crippen LogP contribution in [0.1, 0.15) is 55.6 Å². The zero-order chi connectivity index (χ0) is 13.2. The van der Waals surface area contributed by atoms with E-state index >= 15 is 0 Å². The van der Waals surface area contributed by atoms with Crippen LogP contribution in [0.4, 0.5) is 0 Å². The van der Waals surface area contributed by atoms with Gasteiger partial charge in [0.25, 0.3) is 0 Å². The third kappa shape index (κ3) is 2.75. The molecule has 0 spiro atoms. The third-order valence-electron chi connectivity index (χ3n) is 4.10. The Bertz CT molecular complexity index is 423. The van der Waals surface area contributed by atoms with Crippen molar-refractivity contribution in [3.8, 4) is 0 Å². The van der Waals surface area contributed by atoms with E-state index in [2.05, 4.69) is 24.1 Å². The van der Waals surface area contributed by atoms with E-state index in [1.165, 1.54) is 25.7 Å². The molecule has 1 saturated carbocycles. The Kier molecular flexibility index (Phi) is 3.76. The summed E-state index contributed by atoms with van der Waals surface area (Å²) in [7, 11) is 0.